The lowest BCUT2D eigenvalue weighted by atomic mass is 9.80. The van der Waals surface area contributed by atoms with Crippen molar-refractivity contribution in [1.82, 2.24) is 0 Å². The summed E-state index contributed by atoms with van der Waals surface area (Å²) in [5.74, 6) is 0.982. The van der Waals surface area contributed by atoms with E-state index in [2.05, 4.69) is 11.4 Å². The SMILES string of the molecule is O=C1C[C@@H]([C@H]2CCOC2)c2ccccc2N1. The second kappa shape index (κ2) is 3.91. The van der Waals surface area contributed by atoms with Crippen molar-refractivity contribution < 1.29 is 9.53 Å². The number of anilines is 1. The Balaban J connectivity index is 1.96. The number of fused-ring (bicyclic) bond motifs is 1. The number of carbonyl (C=O) groups excluding carboxylic acids is 1. The van der Waals surface area contributed by atoms with Gasteiger partial charge in [0.05, 0.1) is 6.61 Å². The van der Waals surface area contributed by atoms with Crippen LogP contribution >= 0.6 is 0 Å². The zero-order valence-corrected chi connectivity index (χ0v) is 9.11. The van der Waals surface area contributed by atoms with Crippen LogP contribution in [-0.4, -0.2) is 19.1 Å². The smallest absolute Gasteiger partial charge is 0.225 e. The van der Waals surface area contributed by atoms with Gasteiger partial charge in [0.15, 0.2) is 0 Å². The molecule has 1 fully saturated rings. The summed E-state index contributed by atoms with van der Waals surface area (Å²) in [7, 11) is 0. The van der Waals surface area contributed by atoms with Crippen molar-refractivity contribution in [3.8, 4) is 0 Å². The Morgan fingerprint density at radius 1 is 1.31 bits per heavy atom. The van der Waals surface area contributed by atoms with Gasteiger partial charge in [-0.25, -0.2) is 0 Å². The average Bonchev–Trinajstić information content (AvgIpc) is 2.81. The highest BCUT2D eigenvalue weighted by Crippen LogP contribution is 2.39. The fourth-order valence-electron chi connectivity index (χ4n) is 2.74. The minimum Gasteiger partial charge on any atom is -0.381 e. The number of amides is 1. The van der Waals surface area contributed by atoms with Crippen LogP contribution < -0.4 is 5.32 Å². The van der Waals surface area contributed by atoms with E-state index in [4.69, 9.17) is 4.74 Å². The van der Waals surface area contributed by atoms with Gasteiger partial charge >= 0.3 is 0 Å². The number of rotatable bonds is 1. The van der Waals surface area contributed by atoms with Crippen molar-refractivity contribution in [2.24, 2.45) is 5.92 Å². The fraction of sp³-hybridized carbons (Fsp3) is 0.462. The third-order valence-corrected chi connectivity index (χ3v) is 3.57. The van der Waals surface area contributed by atoms with Crippen molar-refractivity contribution in [1.29, 1.82) is 0 Å². The highest BCUT2D eigenvalue weighted by atomic mass is 16.5. The molecule has 2 heterocycles. The number of benzene rings is 1. The molecule has 0 aliphatic carbocycles. The first-order chi connectivity index (χ1) is 7.84. The van der Waals surface area contributed by atoms with Crippen molar-refractivity contribution in [2.45, 2.75) is 18.8 Å². The van der Waals surface area contributed by atoms with E-state index in [9.17, 15) is 4.79 Å². The molecule has 1 saturated heterocycles. The van der Waals surface area contributed by atoms with Crippen LogP contribution in [0.2, 0.25) is 0 Å². The van der Waals surface area contributed by atoms with Gasteiger partial charge in [0, 0.05) is 18.7 Å². The lowest BCUT2D eigenvalue weighted by Gasteiger charge is -2.29. The van der Waals surface area contributed by atoms with Gasteiger partial charge in [-0.05, 0) is 29.9 Å². The number of ether oxygens (including phenoxy) is 1. The molecule has 2 aliphatic rings. The normalized spacial score (nSPS) is 28.6. The Bertz CT molecular complexity index is 410. The van der Waals surface area contributed by atoms with E-state index >= 15 is 0 Å². The first-order valence-corrected chi connectivity index (χ1v) is 5.81. The summed E-state index contributed by atoms with van der Waals surface area (Å²) in [5.41, 5.74) is 2.26. The molecule has 0 spiro atoms. The van der Waals surface area contributed by atoms with Crippen LogP contribution in [0, 0.1) is 5.92 Å². The van der Waals surface area contributed by atoms with E-state index in [0.717, 1.165) is 25.3 Å². The Kier molecular flexibility index (Phi) is 2.40. The zero-order chi connectivity index (χ0) is 11.0. The first-order valence-electron chi connectivity index (χ1n) is 5.81. The highest BCUT2D eigenvalue weighted by Gasteiger charge is 2.33. The summed E-state index contributed by atoms with van der Waals surface area (Å²) >= 11 is 0. The van der Waals surface area contributed by atoms with Crippen molar-refractivity contribution in [2.75, 3.05) is 18.5 Å². The minimum atomic E-state index is 0.135. The average molecular weight is 217 g/mol. The fourth-order valence-corrected chi connectivity index (χ4v) is 2.74. The molecule has 3 rings (SSSR count). The Morgan fingerprint density at radius 2 is 2.19 bits per heavy atom. The molecule has 0 bridgehead atoms. The van der Waals surface area contributed by atoms with Crippen LogP contribution in [0.25, 0.3) is 0 Å². The van der Waals surface area contributed by atoms with Crippen LogP contribution in [-0.2, 0) is 9.53 Å². The van der Waals surface area contributed by atoms with Crippen LogP contribution in [0.5, 0.6) is 0 Å². The molecule has 16 heavy (non-hydrogen) atoms. The van der Waals surface area contributed by atoms with Crippen molar-refractivity contribution in [3.63, 3.8) is 0 Å². The van der Waals surface area contributed by atoms with Gasteiger partial charge < -0.3 is 10.1 Å². The topological polar surface area (TPSA) is 38.3 Å². The van der Waals surface area contributed by atoms with Gasteiger partial charge in [-0.2, -0.15) is 0 Å². The Morgan fingerprint density at radius 3 is 3.00 bits per heavy atom. The molecule has 1 N–H and O–H groups in total. The van der Waals surface area contributed by atoms with Crippen LogP contribution in [0.1, 0.15) is 24.3 Å². The quantitative estimate of drug-likeness (QED) is 0.782. The van der Waals surface area contributed by atoms with Gasteiger partial charge in [0.25, 0.3) is 0 Å². The van der Waals surface area contributed by atoms with Gasteiger partial charge in [-0.3, -0.25) is 4.79 Å². The monoisotopic (exact) mass is 217 g/mol. The van der Waals surface area contributed by atoms with Gasteiger partial charge in [-0.15, -0.1) is 0 Å². The second-order valence-electron chi connectivity index (χ2n) is 4.57. The van der Waals surface area contributed by atoms with Gasteiger partial charge in [0.1, 0.15) is 0 Å². The summed E-state index contributed by atoms with van der Waals surface area (Å²) in [6.07, 6.45) is 1.68. The van der Waals surface area contributed by atoms with E-state index in [1.165, 1.54) is 5.56 Å². The van der Waals surface area contributed by atoms with E-state index in [0.29, 0.717) is 18.3 Å². The van der Waals surface area contributed by atoms with E-state index < -0.39 is 0 Å². The van der Waals surface area contributed by atoms with E-state index in [1.807, 2.05) is 18.2 Å². The molecule has 0 unspecified atom stereocenters. The molecule has 0 radical (unpaired) electrons. The Labute approximate surface area is 94.8 Å². The predicted molar refractivity (Wildman–Crippen MR) is 61.4 cm³/mol. The van der Waals surface area contributed by atoms with E-state index in [1.54, 1.807) is 0 Å². The summed E-state index contributed by atoms with van der Waals surface area (Å²) in [5, 5.41) is 2.93. The van der Waals surface area contributed by atoms with Crippen LogP contribution in [0.3, 0.4) is 0 Å². The second-order valence-corrected chi connectivity index (χ2v) is 4.57. The number of hydrogen-bond donors (Lipinski definition) is 1. The number of para-hydroxylation sites is 1. The summed E-state index contributed by atoms with van der Waals surface area (Å²) < 4.78 is 5.43. The standard InChI is InChI=1S/C13H15NO2/c15-13-7-11(9-5-6-16-8-9)10-3-1-2-4-12(10)14-13/h1-4,9,11H,5-8H2,(H,14,15)/t9-,11-/m0/s1. The molecule has 1 aromatic rings. The Hall–Kier alpha value is -1.35. The molecule has 0 aromatic heterocycles. The molecule has 84 valence electrons. The molecule has 0 saturated carbocycles. The molecular formula is C13H15NO2. The maximum Gasteiger partial charge on any atom is 0.225 e. The predicted octanol–water partition coefficient (Wildman–Crippen LogP) is 2.15. The number of hydrogen-bond acceptors (Lipinski definition) is 2. The lowest BCUT2D eigenvalue weighted by molar-refractivity contribution is -0.117. The van der Waals surface area contributed by atoms with Crippen LogP contribution in [0.4, 0.5) is 5.69 Å². The molecule has 1 amide bonds. The highest BCUT2D eigenvalue weighted by molar-refractivity contribution is 5.94. The molecule has 3 nitrogen and oxygen atoms in total. The third-order valence-electron chi connectivity index (χ3n) is 3.57. The number of carbonyl (C=O) groups is 1. The number of nitrogens with one attached hydrogen (secondary N) is 1. The minimum absolute atomic E-state index is 0.135. The molecule has 1 aromatic carbocycles. The maximum atomic E-state index is 11.6. The zero-order valence-electron chi connectivity index (χ0n) is 9.11. The van der Waals surface area contributed by atoms with Gasteiger partial charge in [0.2, 0.25) is 5.91 Å². The van der Waals surface area contributed by atoms with E-state index in [-0.39, 0.29) is 5.91 Å². The molecular weight excluding hydrogens is 202 g/mol. The third kappa shape index (κ3) is 1.61. The summed E-state index contributed by atoms with van der Waals surface area (Å²) in [4.78, 5) is 11.6. The van der Waals surface area contributed by atoms with Crippen molar-refractivity contribution in [3.05, 3.63) is 29.8 Å². The maximum absolute atomic E-state index is 11.6. The lowest BCUT2D eigenvalue weighted by Crippen LogP contribution is -2.27. The largest absolute Gasteiger partial charge is 0.381 e. The van der Waals surface area contributed by atoms with Crippen LogP contribution in [0.15, 0.2) is 24.3 Å². The molecule has 2 aliphatic heterocycles. The van der Waals surface area contributed by atoms with Crippen molar-refractivity contribution >= 4 is 11.6 Å². The molecule has 2 atom stereocenters. The summed E-state index contributed by atoms with van der Waals surface area (Å²) in [6.45, 7) is 1.64. The summed E-state index contributed by atoms with van der Waals surface area (Å²) in [6, 6.07) is 8.11. The molecule has 3 heteroatoms. The first kappa shape index (κ1) is 9.85. The van der Waals surface area contributed by atoms with Gasteiger partial charge in [-0.1, -0.05) is 18.2 Å².